The van der Waals surface area contributed by atoms with E-state index in [9.17, 15) is 0 Å². The lowest BCUT2D eigenvalue weighted by atomic mass is 9.90. The Hall–Kier alpha value is -1.16. The lowest BCUT2D eigenvalue weighted by Gasteiger charge is -2.35. The van der Waals surface area contributed by atoms with Crippen LogP contribution in [0.25, 0.3) is 0 Å². The molecule has 2 fully saturated rings. The van der Waals surface area contributed by atoms with Crippen LogP contribution < -0.4 is 5.32 Å². The second-order valence-corrected chi connectivity index (χ2v) is 6.39. The Morgan fingerprint density at radius 1 is 1.15 bits per heavy atom. The number of hydrogen-bond donors (Lipinski definition) is 1. The number of nitrogens with one attached hydrogen (secondary N) is 1. The largest absolute Gasteiger partial charge is 0.370 e. The molecule has 20 heavy (non-hydrogen) atoms. The van der Waals surface area contributed by atoms with Crippen LogP contribution >= 0.6 is 0 Å². The molecule has 1 N–H and O–H groups in total. The molecule has 0 radical (unpaired) electrons. The molecule has 4 nitrogen and oxygen atoms in total. The van der Waals surface area contributed by atoms with E-state index in [1.807, 2.05) is 0 Å². The molecular formula is C16H26N4. The maximum absolute atomic E-state index is 4.83. The summed E-state index contributed by atoms with van der Waals surface area (Å²) >= 11 is 0. The molecule has 2 saturated heterocycles. The molecule has 2 aliphatic rings. The molecule has 3 rings (SSSR count). The summed E-state index contributed by atoms with van der Waals surface area (Å²) in [5, 5.41) is 3.38. The molecule has 2 unspecified atom stereocenters. The number of piperidine rings is 1. The monoisotopic (exact) mass is 274 g/mol. The number of anilines is 1. The molecule has 2 atom stereocenters. The highest BCUT2D eigenvalue weighted by Gasteiger charge is 2.39. The van der Waals surface area contributed by atoms with Crippen molar-refractivity contribution in [1.29, 1.82) is 0 Å². The summed E-state index contributed by atoms with van der Waals surface area (Å²) in [5.41, 5.74) is 2.31. The number of rotatable bonds is 3. The fourth-order valence-corrected chi connectivity index (χ4v) is 3.79. The van der Waals surface area contributed by atoms with Crippen LogP contribution in [0.5, 0.6) is 0 Å². The standard InChI is InChI=1S/C16H26N4/c1-5-17-15-10(2)11(3)18-16(19-15)12-8-13-6-7-14(9-12)20(13)4/h12-14H,5-9H2,1-4H3,(H,17,18,19). The van der Waals surface area contributed by atoms with E-state index in [0.29, 0.717) is 5.92 Å². The van der Waals surface area contributed by atoms with Crippen molar-refractivity contribution in [3.63, 3.8) is 0 Å². The summed E-state index contributed by atoms with van der Waals surface area (Å²) in [7, 11) is 2.28. The van der Waals surface area contributed by atoms with Gasteiger partial charge in [0.15, 0.2) is 0 Å². The molecule has 0 saturated carbocycles. The van der Waals surface area contributed by atoms with Crippen LogP contribution in [0.1, 0.15) is 55.6 Å². The van der Waals surface area contributed by atoms with Crippen molar-refractivity contribution < 1.29 is 0 Å². The van der Waals surface area contributed by atoms with Gasteiger partial charge in [-0.2, -0.15) is 0 Å². The van der Waals surface area contributed by atoms with Gasteiger partial charge in [0, 0.05) is 35.8 Å². The molecule has 0 amide bonds. The second-order valence-electron chi connectivity index (χ2n) is 6.39. The molecule has 0 aliphatic carbocycles. The van der Waals surface area contributed by atoms with Crippen LogP contribution in [0.15, 0.2) is 0 Å². The first-order chi connectivity index (χ1) is 9.60. The average Bonchev–Trinajstić information content (AvgIpc) is 2.66. The minimum Gasteiger partial charge on any atom is -0.370 e. The van der Waals surface area contributed by atoms with E-state index in [4.69, 9.17) is 9.97 Å². The zero-order valence-corrected chi connectivity index (χ0v) is 13.1. The highest BCUT2D eigenvalue weighted by molar-refractivity contribution is 5.45. The Morgan fingerprint density at radius 2 is 1.80 bits per heavy atom. The Labute approximate surface area is 122 Å². The first-order valence-electron chi connectivity index (χ1n) is 7.91. The predicted octanol–water partition coefficient (Wildman–Crippen LogP) is 2.87. The molecular weight excluding hydrogens is 248 g/mol. The van der Waals surface area contributed by atoms with Gasteiger partial charge in [0.05, 0.1) is 0 Å². The number of aromatic nitrogens is 2. The van der Waals surface area contributed by atoms with Crippen molar-refractivity contribution in [2.45, 2.75) is 64.5 Å². The van der Waals surface area contributed by atoms with Gasteiger partial charge in [0.1, 0.15) is 11.6 Å². The van der Waals surface area contributed by atoms with Gasteiger partial charge < -0.3 is 10.2 Å². The number of fused-ring (bicyclic) bond motifs is 2. The maximum Gasteiger partial charge on any atom is 0.134 e. The van der Waals surface area contributed by atoms with Gasteiger partial charge in [-0.3, -0.25) is 0 Å². The van der Waals surface area contributed by atoms with Gasteiger partial charge in [-0.1, -0.05) is 0 Å². The van der Waals surface area contributed by atoms with Crippen molar-refractivity contribution in [1.82, 2.24) is 14.9 Å². The van der Waals surface area contributed by atoms with E-state index in [0.717, 1.165) is 36.0 Å². The van der Waals surface area contributed by atoms with Gasteiger partial charge in [0.2, 0.25) is 0 Å². The van der Waals surface area contributed by atoms with Gasteiger partial charge in [-0.15, -0.1) is 0 Å². The number of aryl methyl sites for hydroxylation is 1. The summed E-state index contributed by atoms with van der Waals surface area (Å²) in [4.78, 5) is 12.2. The SMILES string of the molecule is CCNc1nc(C2CC3CCC(C2)N3C)nc(C)c1C. The van der Waals surface area contributed by atoms with Crippen LogP contribution in [0, 0.1) is 13.8 Å². The third kappa shape index (κ3) is 2.30. The topological polar surface area (TPSA) is 41.1 Å². The molecule has 2 aliphatic heterocycles. The summed E-state index contributed by atoms with van der Waals surface area (Å²) in [6, 6.07) is 1.48. The molecule has 4 heteroatoms. The Bertz CT molecular complexity index is 485. The van der Waals surface area contributed by atoms with E-state index < -0.39 is 0 Å². The van der Waals surface area contributed by atoms with Crippen LogP contribution in [-0.4, -0.2) is 40.5 Å². The first kappa shape index (κ1) is 13.8. The lowest BCUT2D eigenvalue weighted by molar-refractivity contribution is 0.159. The van der Waals surface area contributed by atoms with E-state index in [2.05, 4.69) is 38.0 Å². The molecule has 1 aromatic rings. The van der Waals surface area contributed by atoms with Gasteiger partial charge in [-0.25, -0.2) is 9.97 Å². The number of nitrogens with zero attached hydrogens (tertiary/aromatic N) is 3. The molecule has 2 bridgehead atoms. The summed E-state index contributed by atoms with van der Waals surface area (Å²) < 4.78 is 0. The van der Waals surface area contributed by atoms with E-state index >= 15 is 0 Å². The van der Waals surface area contributed by atoms with E-state index in [1.54, 1.807) is 0 Å². The van der Waals surface area contributed by atoms with Crippen molar-refractivity contribution in [3.8, 4) is 0 Å². The fraction of sp³-hybridized carbons (Fsp3) is 0.750. The smallest absolute Gasteiger partial charge is 0.134 e. The van der Waals surface area contributed by atoms with Gasteiger partial charge in [0.25, 0.3) is 0 Å². The second kappa shape index (κ2) is 5.32. The van der Waals surface area contributed by atoms with Crippen LogP contribution in [-0.2, 0) is 0 Å². The maximum atomic E-state index is 4.83. The minimum absolute atomic E-state index is 0.542. The van der Waals surface area contributed by atoms with E-state index in [1.165, 1.54) is 31.2 Å². The minimum atomic E-state index is 0.542. The summed E-state index contributed by atoms with van der Waals surface area (Å²) in [6.07, 6.45) is 5.15. The van der Waals surface area contributed by atoms with Crippen LogP contribution in [0.3, 0.4) is 0 Å². The molecule has 0 spiro atoms. The third-order valence-corrected chi connectivity index (χ3v) is 5.21. The zero-order valence-electron chi connectivity index (χ0n) is 13.1. The highest BCUT2D eigenvalue weighted by atomic mass is 15.2. The molecule has 3 heterocycles. The number of hydrogen-bond acceptors (Lipinski definition) is 4. The lowest BCUT2D eigenvalue weighted by Crippen LogP contribution is -2.39. The van der Waals surface area contributed by atoms with Crippen LogP contribution in [0.4, 0.5) is 5.82 Å². The van der Waals surface area contributed by atoms with Crippen molar-refractivity contribution >= 4 is 5.82 Å². The summed E-state index contributed by atoms with van der Waals surface area (Å²) in [5.74, 6) is 2.63. The molecule has 0 aromatic carbocycles. The van der Waals surface area contributed by atoms with Crippen LogP contribution in [0.2, 0.25) is 0 Å². The normalized spacial score (nSPS) is 29.7. The zero-order chi connectivity index (χ0) is 14.3. The third-order valence-electron chi connectivity index (χ3n) is 5.21. The first-order valence-corrected chi connectivity index (χ1v) is 7.91. The summed E-state index contributed by atoms with van der Waals surface area (Å²) in [6.45, 7) is 7.24. The Morgan fingerprint density at radius 3 is 2.40 bits per heavy atom. The van der Waals surface area contributed by atoms with Crippen molar-refractivity contribution in [2.24, 2.45) is 0 Å². The Balaban J connectivity index is 1.87. The predicted molar refractivity (Wildman–Crippen MR) is 82.2 cm³/mol. The Kier molecular flexibility index (Phi) is 3.67. The van der Waals surface area contributed by atoms with Gasteiger partial charge >= 0.3 is 0 Å². The van der Waals surface area contributed by atoms with Crippen molar-refractivity contribution in [3.05, 3.63) is 17.1 Å². The fourth-order valence-electron chi connectivity index (χ4n) is 3.79. The van der Waals surface area contributed by atoms with Gasteiger partial charge in [-0.05, 0) is 53.5 Å². The highest BCUT2D eigenvalue weighted by Crippen LogP contribution is 2.41. The average molecular weight is 274 g/mol. The molecule has 110 valence electrons. The van der Waals surface area contributed by atoms with E-state index in [-0.39, 0.29) is 0 Å². The van der Waals surface area contributed by atoms with Crippen molar-refractivity contribution in [2.75, 3.05) is 18.9 Å². The molecule has 1 aromatic heterocycles. The quantitative estimate of drug-likeness (QED) is 0.920.